The Morgan fingerprint density at radius 2 is 1.32 bits per heavy atom. The first-order valence-electron chi connectivity index (χ1n) is 14.1. The molecule has 4 heterocycles. The van der Waals surface area contributed by atoms with Gasteiger partial charge < -0.3 is 8.82 Å². The molecular formula is C37H32N2O. The number of nitrogens with zero attached hydrogens (tertiary/aromatic N) is 2. The maximum absolute atomic E-state index is 6.57. The molecule has 3 heteroatoms. The van der Waals surface area contributed by atoms with E-state index in [1.807, 2.05) is 12.3 Å². The third-order valence-corrected chi connectivity index (χ3v) is 8.69. The Morgan fingerprint density at radius 1 is 0.600 bits per heavy atom. The molecule has 0 fully saturated rings. The van der Waals surface area contributed by atoms with Crippen LogP contribution >= 0.6 is 0 Å². The average molecular weight is 521 g/mol. The summed E-state index contributed by atoms with van der Waals surface area (Å²) in [7, 11) is 0. The van der Waals surface area contributed by atoms with Crippen molar-refractivity contribution < 1.29 is 4.42 Å². The molecule has 0 unspecified atom stereocenters. The number of aromatic nitrogens is 2. The van der Waals surface area contributed by atoms with Gasteiger partial charge in [0.15, 0.2) is 5.58 Å². The van der Waals surface area contributed by atoms with Gasteiger partial charge >= 0.3 is 0 Å². The molecule has 8 rings (SSSR count). The van der Waals surface area contributed by atoms with E-state index in [0.29, 0.717) is 0 Å². The van der Waals surface area contributed by atoms with Gasteiger partial charge in [0, 0.05) is 44.1 Å². The van der Waals surface area contributed by atoms with Crippen molar-refractivity contribution in [2.24, 2.45) is 0 Å². The lowest BCUT2D eigenvalue weighted by Gasteiger charge is -2.19. The summed E-state index contributed by atoms with van der Waals surface area (Å²) in [4.78, 5) is 4.88. The summed E-state index contributed by atoms with van der Waals surface area (Å²) in [5, 5.41) is 7.37. The average Bonchev–Trinajstić information content (AvgIpc) is 3.58. The maximum Gasteiger partial charge on any atom is 0.160 e. The number of rotatable bonds is 1. The highest BCUT2D eigenvalue weighted by Gasteiger charge is 2.25. The highest BCUT2D eigenvalue weighted by molar-refractivity contribution is 6.28. The van der Waals surface area contributed by atoms with Crippen LogP contribution in [0.2, 0.25) is 0 Å². The molecule has 0 aliphatic carbocycles. The molecule has 0 N–H and O–H groups in total. The second-order valence-electron chi connectivity index (χ2n) is 13.4. The second-order valence-corrected chi connectivity index (χ2v) is 13.4. The molecule has 8 aromatic rings. The van der Waals surface area contributed by atoms with E-state index in [0.717, 1.165) is 38.7 Å². The Labute approximate surface area is 233 Å². The van der Waals surface area contributed by atoms with Gasteiger partial charge in [-0.05, 0) is 64.4 Å². The van der Waals surface area contributed by atoms with Crippen LogP contribution in [0.15, 0.2) is 89.5 Å². The van der Waals surface area contributed by atoms with Gasteiger partial charge in [-0.2, -0.15) is 0 Å². The van der Waals surface area contributed by atoms with E-state index in [1.54, 1.807) is 0 Å². The van der Waals surface area contributed by atoms with Gasteiger partial charge in [0.2, 0.25) is 0 Å². The van der Waals surface area contributed by atoms with Crippen molar-refractivity contribution in [3.8, 4) is 11.3 Å². The summed E-state index contributed by atoms with van der Waals surface area (Å²) < 4.78 is 9.01. The zero-order valence-electron chi connectivity index (χ0n) is 23.9. The Kier molecular flexibility index (Phi) is 4.49. The van der Waals surface area contributed by atoms with Crippen LogP contribution in [0.25, 0.3) is 71.3 Å². The number of hydrogen-bond donors (Lipinski definition) is 0. The summed E-state index contributed by atoms with van der Waals surface area (Å²) in [5.41, 5.74) is 10.3. The van der Waals surface area contributed by atoms with E-state index in [2.05, 4.69) is 119 Å². The molecule has 0 aliphatic rings. The van der Waals surface area contributed by atoms with Gasteiger partial charge in [0.1, 0.15) is 5.58 Å². The molecule has 0 radical (unpaired) electrons. The molecule has 4 aromatic heterocycles. The van der Waals surface area contributed by atoms with Crippen molar-refractivity contribution in [2.75, 3.05) is 0 Å². The Bertz CT molecular complexity index is 2270. The third-order valence-electron chi connectivity index (χ3n) is 8.69. The van der Waals surface area contributed by atoms with Crippen LogP contribution in [-0.4, -0.2) is 9.38 Å². The number of para-hydroxylation sites is 1. The van der Waals surface area contributed by atoms with Crippen molar-refractivity contribution in [3.63, 3.8) is 0 Å². The summed E-state index contributed by atoms with van der Waals surface area (Å²) in [6.45, 7) is 13.6. The number of hydrogen-bond acceptors (Lipinski definition) is 2. The van der Waals surface area contributed by atoms with Gasteiger partial charge in [-0.25, -0.2) is 0 Å². The lowest BCUT2D eigenvalue weighted by atomic mass is 9.85. The molecule has 0 spiro atoms. The van der Waals surface area contributed by atoms with Gasteiger partial charge in [0.05, 0.1) is 22.2 Å². The molecule has 3 nitrogen and oxygen atoms in total. The molecule has 0 atom stereocenters. The molecule has 0 saturated carbocycles. The summed E-state index contributed by atoms with van der Waals surface area (Å²) in [6.07, 6.45) is 2.02. The van der Waals surface area contributed by atoms with Crippen molar-refractivity contribution in [1.29, 1.82) is 0 Å². The van der Waals surface area contributed by atoms with Crippen LogP contribution in [0.1, 0.15) is 52.7 Å². The predicted molar refractivity (Wildman–Crippen MR) is 169 cm³/mol. The molecule has 4 aromatic carbocycles. The van der Waals surface area contributed by atoms with Crippen LogP contribution in [0.4, 0.5) is 0 Å². The fourth-order valence-corrected chi connectivity index (χ4v) is 6.40. The van der Waals surface area contributed by atoms with E-state index in [-0.39, 0.29) is 10.8 Å². The lowest BCUT2D eigenvalue weighted by Crippen LogP contribution is -2.11. The van der Waals surface area contributed by atoms with Crippen LogP contribution in [0.5, 0.6) is 0 Å². The van der Waals surface area contributed by atoms with Crippen LogP contribution in [0, 0.1) is 0 Å². The Morgan fingerprint density at radius 3 is 2.05 bits per heavy atom. The van der Waals surface area contributed by atoms with E-state index < -0.39 is 0 Å². The fraction of sp³-hybridized carbons (Fsp3) is 0.216. The van der Waals surface area contributed by atoms with Gasteiger partial charge in [0.25, 0.3) is 0 Å². The number of pyridine rings is 1. The van der Waals surface area contributed by atoms with Gasteiger partial charge in [-0.1, -0.05) is 77.9 Å². The highest BCUT2D eigenvalue weighted by Crippen LogP contribution is 2.45. The minimum Gasteiger partial charge on any atom is -0.454 e. The van der Waals surface area contributed by atoms with Gasteiger partial charge in [-0.15, -0.1) is 0 Å². The Balaban J connectivity index is 1.50. The smallest absolute Gasteiger partial charge is 0.160 e. The molecule has 0 aliphatic heterocycles. The third kappa shape index (κ3) is 3.15. The van der Waals surface area contributed by atoms with E-state index in [9.17, 15) is 0 Å². The van der Waals surface area contributed by atoms with Crippen molar-refractivity contribution in [1.82, 2.24) is 9.38 Å². The molecule has 0 amide bonds. The minimum absolute atomic E-state index is 0.0211. The normalized spacial score (nSPS) is 13.2. The summed E-state index contributed by atoms with van der Waals surface area (Å²) in [6, 6.07) is 28.8. The fourth-order valence-electron chi connectivity index (χ4n) is 6.40. The van der Waals surface area contributed by atoms with Crippen molar-refractivity contribution >= 4 is 60.0 Å². The molecule has 196 valence electrons. The lowest BCUT2D eigenvalue weighted by molar-refractivity contribution is 0.587. The van der Waals surface area contributed by atoms with Crippen LogP contribution < -0.4 is 0 Å². The number of fused-ring (bicyclic) bond motifs is 10. The summed E-state index contributed by atoms with van der Waals surface area (Å²) in [5.74, 6) is 0. The van der Waals surface area contributed by atoms with Crippen molar-refractivity contribution in [2.45, 2.75) is 52.4 Å². The summed E-state index contributed by atoms with van der Waals surface area (Å²) >= 11 is 0. The Hall–Kier alpha value is -4.37. The quantitative estimate of drug-likeness (QED) is 0.215. The van der Waals surface area contributed by atoms with Crippen LogP contribution in [0.3, 0.4) is 0 Å². The van der Waals surface area contributed by atoms with Crippen LogP contribution in [-0.2, 0) is 10.8 Å². The first-order valence-corrected chi connectivity index (χ1v) is 14.1. The number of furan rings is 1. The molecule has 0 saturated heterocycles. The minimum atomic E-state index is 0.0211. The topological polar surface area (TPSA) is 30.4 Å². The standard InChI is InChI=1S/C37H32N2O/c1-36(2,3)22-12-15-30(38-20-22)21-11-16-31-27(17-21)29-19-23(37(4,5)6)18-28-25-13-14-26-24-9-7-8-10-32(24)40-35(26)34(25)39(31)33(28)29/h7-20H,1-6H3. The SMILES string of the molecule is CC(C)(C)c1ccc(-c2ccc3c(c2)c2cc(C(C)(C)C)cc4c5ccc6c7ccccc7oc6c5n3c24)nc1. The molecule has 0 bridgehead atoms. The molecule has 40 heavy (non-hydrogen) atoms. The van der Waals surface area contributed by atoms with E-state index in [4.69, 9.17) is 9.40 Å². The zero-order chi connectivity index (χ0) is 27.6. The monoisotopic (exact) mass is 520 g/mol. The zero-order valence-corrected chi connectivity index (χ0v) is 23.9. The van der Waals surface area contributed by atoms with Crippen molar-refractivity contribution in [3.05, 3.63) is 96.2 Å². The predicted octanol–water partition coefficient (Wildman–Crippen LogP) is 10.4. The molecular weight excluding hydrogens is 488 g/mol. The first-order chi connectivity index (χ1) is 19.1. The van der Waals surface area contributed by atoms with E-state index in [1.165, 1.54) is 43.7 Å². The first kappa shape index (κ1) is 23.5. The largest absolute Gasteiger partial charge is 0.454 e. The second kappa shape index (κ2) is 7.63. The number of benzene rings is 4. The van der Waals surface area contributed by atoms with E-state index >= 15 is 0 Å². The van der Waals surface area contributed by atoms with Gasteiger partial charge in [-0.3, -0.25) is 4.98 Å². The maximum atomic E-state index is 6.57. The highest BCUT2D eigenvalue weighted by atomic mass is 16.3.